The Labute approximate surface area is 530 Å². The van der Waals surface area contributed by atoms with Gasteiger partial charge in [0.1, 0.15) is 247 Å². The van der Waals surface area contributed by atoms with E-state index in [2.05, 4.69) is 235 Å². The van der Waals surface area contributed by atoms with E-state index < -0.39 is 0 Å². The first-order chi connectivity index (χ1) is 39.8. The van der Waals surface area contributed by atoms with Crippen molar-refractivity contribution in [3.63, 3.8) is 0 Å². The molecule has 0 fully saturated rings. The number of furan rings is 1. The molecule has 1 nitrogen and oxygen atoms in total. The van der Waals surface area contributed by atoms with E-state index in [9.17, 15) is 0 Å². The Morgan fingerprint density at radius 3 is 0.682 bits per heavy atom. The van der Waals surface area contributed by atoms with Crippen molar-refractivity contribution in [3.8, 4) is 33.4 Å². The number of benzene rings is 12. The molecule has 31 heteroatoms. The molecule has 0 aliphatic heterocycles. The first-order valence-corrected chi connectivity index (χ1v) is 31.7. The molecule has 0 unspecified atom stereocenters. The van der Waals surface area contributed by atoms with Crippen LogP contribution in [0, 0.1) is 0 Å². The summed E-state index contributed by atoms with van der Waals surface area (Å²) in [4.78, 5) is 0. The van der Waals surface area contributed by atoms with Gasteiger partial charge in [0, 0.05) is 10.8 Å². The first kappa shape index (κ1) is 58.7. The summed E-state index contributed by atoms with van der Waals surface area (Å²) in [6, 6.07) is 0. The topological polar surface area (TPSA) is 13.1 Å². The molecule has 1 heterocycles. The van der Waals surface area contributed by atoms with Gasteiger partial charge in [0.25, 0.3) is 0 Å². The molecule has 0 bridgehead atoms. The van der Waals surface area contributed by atoms with Crippen LogP contribution in [0.5, 0.6) is 0 Å². The molecule has 0 aliphatic rings. The molecule has 0 atom stereocenters. The second kappa shape index (κ2) is 19.1. The lowest BCUT2D eigenvalue weighted by Gasteiger charge is -2.33. The van der Waals surface area contributed by atoms with Gasteiger partial charge in [-0.25, -0.2) is 0 Å². The van der Waals surface area contributed by atoms with E-state index in [4.69, 9.17) is 4.42 Å². The highest BCUT2D eigenvalue weighted by molar-refractivity contribution is 6.80. The Morgan fingerprint density at radius 2 is 0.306 bits per heavy atom. The molecule has 13 aromatic rings. The summed E-state index contributed by atoms with van der Waals surface area (Å²) in [6.45, 7) is 0. The van der Waals surface area contributed by atoms with Crippen LogP contribution in [0.3, 0.4) is 0 Å². The molecular formula is C54H60B30O. The van der Waals surface area contributed by atoms with Crippen LogP contribution < -0.4 is 164 Å². The molecule has 372 valence electrons. The summed E-state index contributed by atoms with van der Waals surface area (Å²) in [5.74, 6) is 0. The molecule has 0 aliphatic carbocycles. The van der Waals surface area contributed by atoms with Crippen molar-refractivity contribution < 1.29 is 4.42 Å². The third-order valence-electron chi connectivity index (χ3n) is 24.8. The van der Waals surface area contributed by atoms with Crippen molar-refractivity contribution in [1.82, 2.24) is 0 Å². The average molecular weight is 1050 g/mol. The van der Waals surface area contributed by atoms with E-state index in [1.807, 2.05) is 0 Å². The molecule has 0 spiro atoms. The zero-order valence-corrected chi connectivity index (χ0v) is 57.4. The second-order valence-electron chi connectivity index (χ2n) is 27.8. The number of hydrogen-bond donors (Lipinski definition) is 0. The van der Waals surface area contributed by atoms with Crippen molar-refractivity contribution in [1.29, 1.82) is 0 Å². The Balaban J connectivity index is 1.35. The standard InChI is InChI=1S/C54H60B30O/c55-23-7(8-5-1-3-15(33(65)25(5)57)40(72)47(79)42(74)17(3)37(69)35(67)13(1)31(63)27(8)59)9(10-12-22-24(56)20-21(45(77)50(82)49(81)44(20)76)46(78)54(22)85-53(12)52(84)51(83)30(10)62)28(60)39(71)19(23)11-6-2-4-16(34(66)26(6)58)41(73)48(80)43(75)18(4)38(70)36(68)14(2)32(64)29(11)61/h55-84H2. The number of fused-ring (bicyclic) bond motifs is 4. The minimum absolute atomic E-state index is 1.02. The van der Waals surface area contributed by atoms with Gasteiger partial charge in [0.05, 0.1) is 0 Å². The van der Waals surface area contributed by atoms with E-state index in [-0.39, 0.29) is 0 Å². The minimum Gasteiger partial charge on any atom is -0.457 e. The number of hydrogen-bond acceptors (Lipinski definition) is 1. The largest absolute Gasteiger partial charge is 0.457 e. The maximum absolute atomic E-state index is 7.59. The molecule has 1 aromatic heterocycles. The normalized spacial score (nSPS) is 12.2. The Bertz CT molecular complexity index is 5420. The lowest BCUT2D eigenvalue weighted by atomic mass is 9.55. The van der Waals surface area contributed by atoms with E-state index in [0.717, 1.165) is 11.2 Å². The van der Waals surface area contributed by atoms with Crippen molar-refractivity contribution in [2.45, 2.75) is 0 Å². The molecule has 13 rings (SSSR count). The highest BCUT2D eigenvalue weighted by Crippen LogP contribution is 2.42. The van der Waals surface area contributed by atoms with Gasteiger partial charge in [-0.3, -0.25) is 0 Å². The van der Waals surface area contributed by atoms with E-state index >= 15 is 0 Å². The van der Waals surface area contributed by atoms with Crippen LogP contribution in [0.2, 0.25) is 0 Å². The van der Waals surface area contributed by atoms with Crippen LogP contribution in [-0.2, 0) is 0 Å². The van der Waals surface area contributed by atoms with Crippen LogP contribution in [-0.4, -0.2) is 235 Å². The zero-order chi connectivity index (χ0) is 61.9. The van der Waals surface area contributed by atoms with Gasteiger partial charge < -0.3 is 4.42 Å². The van der Waals surface area contributed by atoms with Gasteiger partial charge in [0.2, 0.25) is 0 Å². The van der Waals surface area contributed by atoms with Crippen LogP contribution in [0.25, 0.3) is 131 Å². The van der Waals surface area contributed by atoms with E-state index in [1.165, 1.54) is 283 Å². The fourth-order valence-electron chi connectivity index (χ4n) is 18.3. The smallest absolute Gasteiger partial charge is 0.145 e. The quantitative estimate of drug-likeness (QED) is 0.127. The van der Waals surface area contributed by atoms with Gasteiger partial charge >= 0.3 is 0 Å². The molecule has 0 N–H and O–H groups in total. The summed E-state index contributed by atoms with van der Waals surface area (Å²) in [5, 5.41) is 22.5. The van der Waals surface area contributed by atoms with Crippen molar-refractivity contribution in [2.24, 2.45) is 0 Å². The third-order valence-corrected chi connectivity index (χ3v) is 24.8. The van der Waals surface area contributed by atoms with Gasteiger partial charge in [-0.15, -0.1) is 21.9 Å². The average Bonchev–Trinajstić information content (AvgIpc) is 1.09. The molecule has 0 saturated heterocycles. The fourth-order valence-corrected chi connectivity index (χ4v) is 18.3. The van der Waals surface area contributed by atoms with Crippen LogP contribution in [0.4, 0.5) is 0 Å². The summed E-state index contributed by atoms with van der Waals surface area (Å²) < 4.78 is 7.59. The molecule has 0 amide bonds. The second-order valence-corrected chi connectivity index (χ2v) is 27.8. The number of rotatable bonds is 3. The molecule has 0 radical (unpaired) electrons. The molecule has 0 saturated carbocycles. The Kier molecular flexibility index (Phi) is 13.2. The van der Waals surface area contributed by atoms with Crippen molar-refractivity contribution in [3.05, 3.63) is 0 Å². The predicted octanol–water partition coefficient (Wildman–Crippen LogP) is -36.7. The predicted molar refractivity (Wildman–Crippen MR) is 480 cm³/mol. The Hall–Kier alpha value is -5.27. The van der Waals surface area contributed by atoms with Crippen LogP contribution >= 0.6 is 0 Å². The summed E-state index contributed by atoms with van der Waals surface area (Å²) in [7, 11) is 72.1. The minimum atomic E-state index is 1.02. The summed E-state index contributed by atoms with van der Waals surface area (Å²) in [6.07, 6.45) is 0. The zero-order valence-electron chi connectivity index (χ0n) is 57.4. The van der Waals surface area contributed by atoms with E-state index in [1.54, 1.807) is 0 Å². The SMILES string of the molecule is Bc1c(B)c(-c2c(B)c(B)c(B)c3oc4c(B)c5c(B)c(B)c(B)c(B)c5c(B)c4c23)c(-c2c(B)c(B)c3c(B)c(B)c4c(B)c(B)c(B)c5c(B)c(B)c2c3c45)c(B)c1-c1c(B)c(B)c2c(B)c(B)c3c(B)c(B)c(B)c4c(B)c(B)c1c2c34. The monoisotopic (exact) mass is 1050 g/mol. The summed E-state index contributed by atoms with van der Waals surface area (Å²) >= 11 is 0. The maximum atomic E-state index is 7.59. The van der Waals surface area contributed by atoms with Crippen molar-refractivity contribution in [2.75, 3.05) is 0 Å². The third kappa shape index (κ3) is 6.92. The van der Waals surface area contributed by atoms with Crippen LogP contribution in [0.15, 0.2) is 4.42 Å². The summed E-state index contributed by atoms with van der Waals surface area (Å²) in [5.41, 5.74) is 51.4. The lowest BCUT2D eigenvalue weighted by Crippen LogP contribution is -2.50. The highest BCUT2D eigenvalue weighted by atomic mass is 16.3. The molecule has 85 heavy (non-hydrogen) atoms. The van der Waals surface area contributed by atoms with Crippen molar-refractivity contribution >= 4 is 497 Å². The first-order valence-electron chi connectivity index (χ1n) is 31.7. The van der Waals surface area contributed by atoms with E-state index in [0.29, 0.717) is 0 Å². The van der Waals surface area contributed by atoms with Gasteiger partial charge in [0.15, 0.2) is 0 Å². The highest BCUT2D eigenvalue weighted by Gasteiger charge is 2.34. The lowest BCUT2D eigenvalue weighted by molar-refractivity contribution is 0.675. The van der Waals surface area contributed by atoms with Crippen LogP contribution in [0.1, 0.15) is 0 Å². The van der Waals surface area contributed by atoms with Gasteiger partial charge in [-0.05, 0) is 114 Å². The maximum Gasteiger partial charge on any atom is 0.145 e. The molecular weight excluding hydrogens is 989 g/mol. The fraction of sp³-hybridized carbons (Fsp3) is 0. The van der Waals surface area contributed by atoms with Gasteiger partial charge in [-0.2, -0.15) is 0 Å². The molecule has 12 aromatic carbocycles. The van der Waals surface area contributed by atoms with Gasteiger partial charge in [-0.1, -0.05) is 137 Å². The Morgan fingerprint density at radius 1 is 0.106 bits per heavy atom.